The fraction of sp³-hybridized carbons (Fsp3) is 0.424. The second-order valence-corrected chi connectivity index (χ2v) is 10.4. The van der Waals surface area contributed by atoms with E-state index in [-0.39, 0.29) is 17.3 Å². The zero-order valence-electron chi connectivity index (χ0n) is 22.4. The van der Waals surface area contributed by atoms with Crippen molar-refractivity contribution in [3.05, 3.63) is 94.3 Å². The van der Waals surface area contributed by atoms with Crippen LogP contribution in [0.15, 0.2) is 54.6 Å². The molecule has 3 aromatic carbocycles. The van der Waals surface area contributed by atoms with Crippen molar-refractivity contribution in [1.82, 2.24) is 0 Å². The number of hydrogen-bond acceptors (Lipinski definition) is 2. The van der Waals surface area contributed by atoms with Gasteiger partial charge in [-0.25, -0.2) is 18.0 Å². The Balaban J connectivity index is 1.35. The lowest BCUT2D eigenvalue weighted by Crippen LogP contribution is -2.25. The van der Waals surface area contributed by atoms with Gasteiger partial charge in [0, 0.05) is 5.56 Å². The standard InChI is InChI=1S/C33H37F3O2/c1-3-5-6-8-23-11-18-27(30(34)21-23)24-14-16-26(17-15-24)38-33(37)29-20-19-28(31(35)32(29)36)25-12-9-22(7-4-2)10-13-25/h9-13,18-21,24,26H,3-8,14-17H2,1-2H3. The van der Waals surface area contributed by atoms with E-state index < -0.39 is 29.3 Å². The third kappa shape index (κ3) is 6.67. The van der Waals surface area contributed by atoms with Gasteiger partial charge in [-0.15, -0.1) is 0 Å². The molecule has 2 nitrogen and oxygen atoms in total. The Hall–Kier alpha value is -3.08. The number of esters is 1. The Labute approximate surface area is 224 Å². The van der Waals surface area contributed by atoms with Crippen molar-refractivity contribution in [2.75, 3.05) is 0 Å². The average molecular weight is 523 g/mol. The quantitative estimate of drug-likeness (QED) is 0.196. The van der Waals surface area contributed by atoms with E-state index >= 15 is 0 Å². The number of rotatable bonds is 10. The van der Waals surface area contributed by atoms with Crippen LogP contribution in [0.1, 0.15) is 98.2 Å². The largest absolute Gasteiger partial charge is 0.459 e. The predicted octanol–water partition coefficient (Wildman–Crippen LogP) is 9.34. The number of hydrogen-bond donors (Lipinski definition) is 0. The zero-order valence-corrected chi connectivity index (χ0v) is 22.4. The summed E-state index contributed by atoms with van der Waals surface area (Å²) in [5, 5.41) is 0. The van der Waals surface area contributed by atoms with E-state index in [0.717, 1.165) is 49.7 Å². The Morgan fingerprint density at radius 3 is 2.16 bits per heavy atom. The van der Waals surface area contributed by atoms with E-state index in [0.29, 0.717) is 36.8 Å². The average Bonchev–Trinajstić information content (AvgIpc) is 2.92. The molecule has 38 heavy (non-hydrogen) atoms. The Morgan fingerprint density at radius 1 is 0.789 bits per heavy atom. The van der Waals surface area contributed by atoms with Gasteiger partial charge in [0.05, 0.1) is 5.56 Å². The number of carbonyl (C=O) groups excluding carboxylic acids is 1. The highest BCUT2D eigenvalue weighted by atomic mass is 19.2. The van der Waals surface area contributed by atoms with Gasteiger partial charge in [-0.3, -0.25) is 0 Å². The lowest BCUT2D eigenvalue weighted by Gasteiger charge is -2.29. The Kier molecular flexibility index (Phi) is 9.65. The smallest absolute Gasteiger partial charge is 0.341 e. The van der Waals surface area contributed by atoms with Crippen molar-refractivity contribution in [3.63, 3.8) is 0 Å². The van der Waals surface area contributed by atoms with E-state index in [1.165, 1.54) is 12.1 Å². The van der Waals surface area contributed by atoms with E-state index in [2.05, 4.69) is 13.8 Å². The predicted molar refractivity (Wildman–Crippen MR) is 146 cm³/mol. The van der Waals surface area contributed by atoms with Crippen molar-refractivity contribution >= 4 is 5.97 Å². The van der Waals surface area contributed by atoms with Crippen LogP contribution in [0.3, 0.4) is 0 Å². The summed E-state index contributed by atoms with van der Waals surface area (Å²) in [6.07, 6.45) is 8.20. The minimum absolute atomic E-state index is 0.0619. The SMILES string of the molecule is CCCCCc1ccc(C2CCC(OC(=O)c3ccc(-c4ccc(CCC)cc4)c(F)c3F)CC2)c(F)c1. The van der Waals surface area contributed by atoms with Gasteiger partial charge in [0.25, 0.3) is 0 Å². The van der Waals surface area contributed by atoms with Crippen LogP contribution in [0.4, 0.5) is 13.2 Å². The summed E-state index contributed by atoms with van der Waals surface area (Å²) in [5.41, 5.74) is 3.13. The number of halogens is 3. The van der Waals surface area contributed by atoms with E-state index in [1.54, 1.807) is 18.2 Å². The van der Waals surface area contributed by atoms with E-state index in [1.807, 2.05) is 24.3 Å². The normalized spacial score (nSPS) is 17.4. The summed E-state index contributed by atoms with van der Waals surface area (Å²) in [5.74, 6) is -3.22. The fourth-order valence-corrected chi connectivity index (χ4v) is 5.41. The maximum absolute atomic E-state index is 14.9. The highest BCUT2D eigenvalue weighted by Gasteiger charge is 2.28. The molecular weight excluding hydrogens is 485 g/mol. The second-order valence-electron chi connectivity index (χ2n) is 10.4. The maximum Gasteiger partial charge on any atom is 0.341 e. The van der Waals surface area contributed by atoms with E-state index in [4.69, 9.17) is 4.74 Å². The molecule has 0 heterocycles. The molecule has 1 aliphatic carbocycles. The molecule has 4 rings (SSSR count). The molecule has 3 aromatic rings. The fourth-order valence-electron chi connectivity index (χ4n) is 5.41. The number of unbranched alkanes of at least 4 members (excludes halogenated alkanes) is 2. The molecule has 0 saturated heterocycles. The number of ether oxygens (including phenoxy) is 1. The van der Waals surface area contributed by atoms with Gasteiger partial charge in [0.2, 0.25) is 0 Å². The van der Waals surface area contributed by atoms with Gasteiger partial charge in [-0.1, -0.05) is 75.6 Å². The molecule has 0 N–H and O–H groups in total. The first kappa shape index (κ1) is 27.9. The van der Waals surface area contributed by atoms with Crippen molar-refractivity contribution in [2.45, 2.75) is 90.1 Å². The van der Waals surface area contributed by atoms with Crippen LogP contribution in [0.5, 0.6) is 0 Å². The van der Waals surface area contributed by atoms with Crippen molar-refractivity contribution in [3.8, 4) is 11.1 Å². The first-order chi connectivity index (χ1) is 18.4. The van der Waals surface area contributed by atoms with Crippen molar-refractivity contribution in [2.24, 2.45) is 0 Å². The monoisotopic (exact) mass is 522 g/mol. The molecule has 202 valence electrons. The van der Waals surface area contributed by atoms with Crippen molar-refractivity contribution < 1.29 is 22.7 Å². The molecule has 0 spiro atoms. The summed E-state index contributed by atoms with van der Waals surface area (Å²) in [4.78, 5) is 12.7. The highest BCUT2D eigenvalue weighted by Crippen LogP contribution is 2.36. The maximum atomic E-state index is 14.9. The molecule has 0 bridgehead atoms. The van der Waals surface area contributed by atoms with Crippen LogP contribution in [0, 0.1) is 17.5 Å². The molecule has 0 unspecified atom stereocenters. The molecule has 0 radical (unpaired) electrons. The first-order valence-electron chi connectivity index (χ1n) is 14.0. The summed E-state index contributed by atoms with van der Waals surface area (Å²) >= 11 is 0. The summed E-state index contributed by atoms with van der Waals surface area (Å²) in [6, 6.07) is 15.6. The molecule has 0 atom stereocenters. The first-order valence-corrected chi connectivity index (χ1v) is 14.0. The minimum atomic E-state index is -1.19. The highest BCUT2D eigenvalue weighted by molar-refractivity contribution is 5.90. The van der Waals surface area contributed by atoms with Gasteiger partial charge >= 0.3 is 5.97 Å². The molecule has 0 aromatic heterocycles. The number of aryl methyl sites for hydroxylation is 2. The van der Waals surface area contributed by atoms with Crippen LogP contribution in [-0.4, -0.2) is 12.1 Å². The van der Waals surface area contributed by atoms with E-state index in [9.17, 15) is 18.0 Å². The number of carbonyl (C=O) groups is 1. The molecule has 0 aliphatic heterocycles. The van der Waals surface area contributed by atoms with Crippen LogP contribution in [0.2, 0.25) is 0 Å². The van der Waals surface area contributed by atoms with Crippen LogP contribution >= 0.6 is 0 Å². The zero-order chi connectivity index (χ0) is 27.1. The molecule has 5 heteroatoms. The second kappa shape index (κ2) is 13.1. The number of benzene rings is 3. The topological polar surface area (TPSA) is 26.3 Å². The van der Waals surface area contributed by atoms with Gasteiger partial charge in [0.1, 0.15) is 11.9 Å². The van der Waals surface area contributed by atoms with Gasteiger partial charge in [0.15, 0.2) is 11.6 Å². The third-order valence-electron chi connectivity index (χ3n) is 7.63. The molecule has 0 amide bonds. The third-order valence-corrected chi connectivity index (χ3v) is 7.63. The van der Waals surface area contributed by atoms with Gasteiger partial charge < -0.3 is 4.74 Å². The lowest BCUT2D eigenvalue weighted by atomic mass is 9.82. The molecule has 1 fully saturated rings. The Morgan fingerprint density at radius 2 is 1.50 bits per heavy atom. The van der Waals surface area contributed by atoms with Crippen LogP contribution in [-0.2, 0) is 17.6 Å². The Bertz CT molecular complexity index is 1230. The molecule has 1 aliphatic rings. The molecular formula is C33H37F3O2. The van der Waals surface area contributed by atoms with Gasteiger partial charge in [-0.05, 0) is 85.3 Å². The molecule has 1 saturated carbocycles. The van der Waals surface area contributed by atoms with Gasteiger partial charge in [-0.2, -0.15) is 0 Å². The summed E-state index contributed by atoms with van der Waals surface area (Å²) < 4.78 is 50.2. The van der Waals surface area contributed by atoms with Crippen LogP contribution < -0.4 is 0 Å². The summed E-state index contributed by atoms with van der Waals surface area (Å²) in [7, 11) is 0. The van der Waals surface area contributed by atoms with Crippen LogP contribution in [0.25, 0.3) is 11.1 Å². The summed E-state index contributed by atoms with van der Waals surface area (Å²) in [6.45, 7) is 4.23. The van der Waals surface area contributed by atoms with Crippen molar-refractivity contribution in [1.29, 1.82) is 0 Å². The minimum Gasteiger partial charge on any atom is -0.459 e. The lowest BCUT2D eigenvalue weighted by molar-refractivity contribution is 0.0188.